The maximum Gasteiger partial charge on any atom is 0.237 e. The number of rotatable bonds is 4. The summed E-state index contributed by atoms with van der Waals surface area (Å²) in [7, 11) is -0.0163. The van der Waals surface area contributed by atoms with Gasteiger partial charge in [-0.15, -0.1) is 0 Å². The van der Waals surface area contributed by atoms with Crippen LogP contribution in [0.2, 0.25) is 0 Å². The highest BCUT2D eigenvalue weighted by atomic mass is 32.2. The molecule has 0 spiro atoms. The van der Waals surface area contributed by atoms with Crippen molar-refractivity contribution in [3.63, 3.8) is 0 Å². The van der Waals surface area contributed by atoms with Crippen molar-refractivity contribution < 1.29 is 13.2 Å². The molecule has 88 valence electrons. The van der Waals surface area contributed by atoms with Gasteiger partial charge in [0, 0.05) is 13.1 Å². The first kappa shape index (κ1) is 11.3. The number of ether oxygens (including phenoxy) is 1. The van der Waals surface area contributed by atoms with Crippen LogP contribution in [0.4, 0.5) is 5.69 Å². The zero-order valence-corrected chi connectivity index (χ0v) is 10.2. The molecule has 0 unspecified atom stereocenters. The average molecular weight is 241 g/mol. The van der Waals surface area contributed by atoms with E-state index < -0.39 is 10.0 Å². The maximum absolute atomic E-state index is 12.0. The Morgan fingerprint density at radius 1 is 1.38 bits per heavy atom. The van der Waals surface area contributed by atoms with Crippen LogP contribution < -0.4 is 9.04 Å². The van der Waals surface area contributed by atoms with E-state index in [1.807, 2.05) is 0 Å². The van der Waals surface area contributed by atoms with Crippen LogP contribution in [0.15, 0.2) is 24.3 Å². The summed E-state index contributed by atoms with van der Waals surface area (Å²) in [6.45, 7) is 0. The van der Waals surface area contributed by atoms with Crippen LogP contribution in [0.25, 0.3) is 0 Å². The summed E-state index contributed by atoms with van der Waals surface area (Å²) in [5, 5.41) is -0.191. The molecule has 0 amide bonds. The van der Waals surface area contributed by atoms with Crippen molar-refractivity contribution in [3.05, 3.63) is 24.3 Å². The highest BCUT2D eigenvalue weighted by Crippen LogP contribution is 2.33. The van der Waals surface area contributed by atoms with Crippen molar-refractivity contribution in [2.24, 2.45) is 0 Å². The first-order valence-corrected chi connectivity index (χ1v) is 6.68. The van der Waals surface area contributed by atoms with E-state index in [9.17, 15) is 8.42 Å². The topological polar surface area (TPSA) is 46.6 Å². The molecule has 16 heavy (non-hydrogen) atoms. The summed E-state index contributed by atoms with van der Waals surface area (Å²) < 4.78 is 30.4. The van der Waals surface area contributed by atoms with Gasteiger partial charge in [0.05, 0.1) is 18.0 Å². The largest absolute Gasteiger partial charge is 0.497 e. The van der Waals surface area contributed by atoms with Crippen molar-refractivity contribution in [1.82, 2.24) is 0 Å². The van der Waals surface area contributed by atoms with Crippen LogP contribution in [0.3, 0.4) is 0 Å². The van der Waals surface area contributed by atoms with E-state index in [2.05, 4.69) is 0 Å². The van der Waals surface area contributed by atoms with Crippen LogP contribution in [0, 0.1) is 0 Å². The summed E-state index contributed by atoms with van der Waals surface area (Å²) in [6.07, 6.45) is 1.55. The Labute approximate surface area is 95.9 Å². The number of hydrogen-bond donors (Lipinski definition) is 0. The quantitative estimate of drug-likeness (QED) is 0.804. The van der Waals surface area contributed by atoms with Gasteiger partial charge in [0.15, 0.2) is 0 Å². The zero-order chi connectivity index (χ0) is 11.8. The highest BCUT2D eigenvalue weighted by molar-refractivity contribution is 7.93. The molecule has 0 saturated heterocycles. The second-order valence-electron chi connectivity index (χ2n) is 3.91. The molecule has 2 rings (SSSR count). The summed E-state index contributed by atoms with van der Waals surface area (Å²) >= 11 is 0. The fourth-order valence-electron chi connectivity index (χ4n) is 1.54. The van der Waals surface area contributed by atoms with Crippen LogP contribution in [-0.4, -0.2) is 27.8 Å². The molecule has 1 saturated carbocycles. The van der Waals surface area contributed by atoms with Gasteiger partial charge in [-0.2, -0.15) is 0 Å². The van der Waals surface area contributed by atoms with E-state index in [0.717, 1.165) is 12.8 Å². The van der Waals surface area contributed by atoms with Crippen LogP contribution in [0.1, 0.15) is 12.8 Å². The Bertz CT molecular complexity index is 480. The van der Waals surface area contributed by atoms with E-state index in [1.54, 1.807) is 38.4 Å². The van der Waals surface area contributed by atoms with Crippen molar-refractivity contribution >= 4 is 15.7 Å². The number of hydrogen-bond acceptors (Lipinski definition) is 3. The van der Waals surface area contributed by atoms with Gasteiger partial charge in [-0.05, 0) is 25.0 Å². The SMILES string of the molecule is COc1cccc(N(C)S(=O)(=O)C2CC2)c1. The van der Waals surface area contributed by atoms with Gasteiger partial charge in [0.1, 0.15) is 5.75 Å². The van der Waals surface area contributed by atoms with Gasteiger partial charge in [-0.1, -0.05) is 6.07 Å². The van der Waals surface area contributed by atoms with Crippen molar-refractivity contribution in [2.45, 2.75) is 18.1 Å². The minimum Gasteiger partial charge on any atom is -0.497 e. The molecule has 0 radical (unpaired) electrons. The normalized spacial score (nSPS) is 15.9. The third kappa shape index (κ3) is 2.00. The Kier molecular flexibility index (Phi) is 2.80. The third-order valence-electron chi connectivity index (χ3n) is 2.74. The monoisotopic (exact) mass is 241 g/mol. The van der Waals surface area contributed by atoms with Crippen LogP contribution >= 0.6 is 0 Å². The number of anilines is 1. The minimum absolute atomic E-state index is 0.191. The smallest absolute Gasteiger partial charge is 0.237 e. The molecule has 1 aliphatic rings. The van der Waals surface area contributed by atoms with Gasteiger partial charge < -0.3 is 4.74 Å². The van der Waals surface area contributed by atoms with Gasteiger partial charge in [-0.25, -0.2) is 8.42 Å². The molecular weight excluding hydrogens is 226 g/mol. The summed E-state index contributed by atoms with van der Waals surface area (Å²) in [4.78, 5) is 0. The van der Waals surface area contributed by atoms with Gasteiger partial charge >= 0.3 is 0 Å². The standard InChI is InChI=1S/C11H15NO3S/c1-12(16(13,14)11-6-7-11)9-4-3-5-10(8-9)15-2/h3-5,8,11H,6-7H2,1-2H3. The van der Waals surface area contributed by atoms with E-state index in [-0.39, 0.29) is 5.25 Å². The Hall–Kier alpha value is -1.23. The zero-order valence-electron chi connectivity index (χ0n) is 9.38. The lowest BCUT2D eigenvalue weighted by Gasteiger charge is -2.19. The number of sulfonamides is 1. The second kappa shape index (κ2) is 3.97. The van der Waals surface area contributed by atoms with Gasteiger partial charge in [0.25, 0.3) is 0 Å². The van der Waals surface area contributed by atoms with E-state index in [1.165, 1.54) is 4.31 Å². The predicted octanol–water partition coefficient (Wildman–Crippen LogP) is 1.62. The fraction of sp³-hybridized carbons (Fsp3) is 0.455. The maximum atomic E-state index is 12.0. The molecule has 0 aliphatic heterocycles. The number of benzene rings is 1. The van der Waals surface area contributed by atoms with Crippen molar-refractivity contribution in [3.8, 4) is 5.75 Å². The first-order valence-electron chi connectivity index (χ1n) is 5.17. The molecule has 0 N–H and O–H groups in total. The Morgan fingerprint density at radius 2 is 2.06 bits per heavy atom. The lowest BCUT2D eigenvalue weighted by molar-refractivity contribution is 0.415. The second-order valence-corrected chi connectivity index (χ2v) is 6.16. The lowest BCUT2D eigenvalue weighted by Crippen LogP contribution is -2.29. The number of nitrogens with zero attached hydrogens (tertiary/aromatic N) is 1. The summed E-state index contributed by atoms with van der Waals surface area (Å²) in [5.74, 6) is 0.662. The first-order chi connectivity index (χ1) is 7.55. The van der Waals surface area contributed by atoms with Crippen LogP contribution in [-0.2, 0) is 10.0 Å². The van der Waals surface area contributed by atoms with Gasteiger partial charge in [0.2, 0.25) is 10.0 Å². The Balaban J connectivity index is 2.29. The molecule has 4 nitrogen and oxygen atoms in total. The van der Waals surface area contributed by atoms with E-state index in [4.69, 9.17) is 4.74 Å². The molecule has 0 heterocycles. The molecule has 1 fully saturated rings. The lowest BCUT2D eigenvalue weighted by atomic mass is 10.3. The van der Waals surface area contributed by atoms with E-state index in [0.29, 0.717) is 11.4 Å². The van der Waals surface area contributed by atoms with Crippen molar-refractivity contribution in [2.75, 3.05) is 18.5 Å². The van der Waals surface area contributed by atoms with Crippen molar-refractivity contribution in [1.29, 1.82) is 0 Å². The van der Waals surface area contributed by atoms with E-state index >= 15 is 0 Å². The molecular formula is C11H15NO3S. The molecule has 5 heteroatoms. The van der Waals surface area contributed by atoms with Gasteiger partial charge in [-0.3, -0.25) is 4.31 Å². The highest BCUT2D eigenvalue weighted by Gasteiger charge is 2.38. The number of methoxy groups -OCH3 is 1. The predicted molar refractivity (Wildman–Crippen MR) is 63.3 cm³/mol. The third-order valence-corrected chi connectivity index (χ3v) is 5.03. The Morgan fingerprint density at radius 3 is 2.62 bits per heavy atom. The summed E-state index contributed by atoms with van der Waals surface area (Å²) in [5.41, 5.74) is 0.645. The molecule has 1 aromatic carbocycles. The molecule has 1 aliphatic carbocycles. The molecule has 0 atom stereocenters. The molecule has 0 bridgehead atoms. The summed E-state index contributed by atoms with van der Waals surface area (Å²) in [6, 6.07) is 7.07. The average Bonchev–Trinajstić information content (AvgIpc) is 3.12. The van der Waals surface area contributed by atoms with Crippen LogP contribution in [0.5, 0.6) is 5.75 Å². The molecule has 1 aromatic rings. The minimum atomic E-state index is -3.17. The molecule has 0 aromatic heterocycles. The fourth-order valence-corrected chi connectivity index (χ4v) is 3.13.